The van der Waals surface area contributed by atoms with Crippen molar-refractivity contribution in [2.45, 2.75) is 44.8 Å². The summed E-state index contributed by atoms with van der Waals surface area (Å²) in [5.74, 6) is 1.69. The maximum atomic E-state index is 5.67. The van der Waals surface area contributed by atoms with Crippen LogP contribution in [-0.2, 0) is 11.3 Å². The molecule has 1 aliphatic heterocycles. The minimum atomic E-state index is -0.0379. The van der Waals surface area contributed by atoms with E-state index in [0.29, 0.717) is 6.54 Å². The molecule has 0 radical (unpaired) electrons. The molecule has 1 fully saturated rings. The highest BCUT2D eigenvalue weighted by Crippen LogP contribution is 2.25. The van der Waals surface area contributed by atoms with E-state index in [0.717, 1.165) is 56.4 Å². The van der Waals surface area contributed by atoms with Gasteiger partial charge in [0.15, 0.2) is 5.96 Å². The van der Waals surface area contributed by atoms with Crippen LogP contribution in [0.3, 0.4) is 0 Å². The highest BCUT2D eigenvalue weighted by Gasteiger charge is 2.34. The molecular formula is C25H37IN4O2. The molecule has 1 heterocycles. The number of hydrogen-bond donors (Lipinski definition) is 3. The summed E-state index contributed by atoms with van der Waals surface area (Å²) in [5, 5.41) is 10.8. The smallest absolute Gasteiger partial charge is 0.191 e. The molecule has 3 rings (SSSR count). The first-order valence-electron chi connectivity index (χ1n) is 11.2. The first-order valence-corrected chi connectivity index (χ1v) is 11.2. The zero-order valence-electron chi connectivity index (χ0n) is 19.4. The van der Waals surface area contributed by atoms with Crippen LogP contribution >= 0.6 is 24.0 Å². The topological polar surface area (TPSA) is 66.9 Å². The SMILES string of the molecule is CCNC(=NCc1ccc(OC)cc1)NCC1(NC(C)c2ccccc2)CCOCC1.I. The van der Waals surface area contributed by atoms with Gasteiger partial charge in [0, 0.05) is 37.9 Å². The quantitative estimate of drug-likeness (QED) is 0.247. The molecule has 1 atom stereocenters. The first-order chi connectivity index (χ1) is 15.1. The van der Waals surface area contributed by atoms with E-state index in [2.05, 4.69) is 72.3 Å². The van der Waals surface area contributed by atoms with E-state index in [4.69, 9.17) is 14.5 Å². The van der Waals surface area contributed by atoms with Crippen LogP contribution in [0.5, 0.6) is 5.75 Å². The van der Waals surface area contributed by atoms with Gasteiger partial charge >= 0.3 is 0 Å². The van der Waals surface area contributed by atoms with E-state index in [1.807, 2.05) is 12.1 Å². The zero-order valence-corrected chi connectivity index (χ0v) is 21.7. The summed E-state index contributed by atoms with van der Waals surface area (Å²) in [5.41, 5.74) is 2.41. The molecule has 6 nitrogen and oxygen atoms in total. The molecule has 0 bridgehead atoms. The largest absolute Gasteiger partial charge is 0.497 e. The average molecular weight is 553 g/mol. The lowest BCUT2D eigenvalue weighted by molar-refractivity contribution is 0.0355. The van der Waals surface area contributed by atoms with E-state index in [1.54, 1.807) is 7.11 Å². The Balaban J connectivity index is 0.00000363. The molecule has 1 unspecified atom stereocenters. The van der Waals surface area contributed by atoms with Crippen molar-refractivity contribution in [3.05, 3.63) is 65.7 Å². The number of guanidine groups is 1. The van der Waals surface area contributed by atoms with Gasteiger partial charge < -0.3 is 25.4 Å². The van der Waals surface area contributed by atoms with E-state index in [9.17, 15) is 0 Å². The fraction of sp³-hybridized carbons (Fsp3) is 0.480. The van der Waals surface area contributed by atoms with Crippen molar-refractivity contribution in [1.29, 1.82) is 0 Å². The van der Waals surface area contributed by atoms with E-state index < -0.39 is 0 Å². The van der Waals surface area contributed by atoms with Gasteiger partial charge in [0.25, 0.3) is 0 Å². The molecular weight excluding hydrogens is 515 g/mol. The van der Waals surface area contributed by atoms with E-state index in [-0.39, 0.29) is 35.6 Å². The molecule has 0 amide bonds. The Bertz CT molecular complexity index is 808. The molecule has 7 heteroatoms. The van der Waals surface area contributed by atoms with Gasteiger partial charge in [-0.1, -0.05) is 42.5 Å². The van der Waals surface area contributed by atoms with Crippen LogP contribution in [0.1, 0.15) is 43.9 Å². The predicted molar refractivity (Wildman–Crippen MR) is 142 cm³/mol. The number of benzene rings is 2. The van der Waals surface area contributed by atoms with Crippen LogP contribution in [0.2, 0.25) is 0 Å². The Morgan fingerprint density at radius 1 is 1.06 bits per heavy atom. The highest BCUT2D eigenvalue weighted by molar-refractivity contribution is 14.0. The average Bonchev–Trinajstić information content (AvgIpc) is 2.82. The normalized spacial score (nSPS) is 16.5. The second-order valence-electron chi connectivity index (χ2n) is 8.07. The van der Waals surface area contributed by atoms with Gasteiger partial charge in [0.1, 0.15) is 5.75 Å². The van der Waals surface area contributed by atoms with Crippen molar-refractivity contribution < 1.29 is 9.47 Å². The standard InChI is InChI=1S/C25H36N4O2.HI/c1-4-26-24(27-18-21-10-12-23(30-3)13-11-21)28-19-25(14-16-31-17-15-25)29-20(2)22-8-6-5-7-9-22;/h5-13,20,29H,4,14-19H2,1-3H3,(H2,26,27,28);1H. The first kappa shape index (κ1) is 26.4. The molecule has 1 saturated heterocycles. The van der Waals surface area contributed by atoms with Gasteiger partial charge in [-0.05, 0) is 49.9 Å². The molecule has 3 N–H and O–H groups in total. The van der Waals surface area contributed by atoms with Crippen LogP contribution in [-0.4, -0.2) is 44.9 Å². The molecule has 0 aliphatic carbocycles. The third kappa shape index (κ3) is 7.94. The summed E-state index contributed by atoms with van der Waals surface area (Å²) in [7, 11) is 1.68. The number of hydrogen-bond acceptors (Lipinski definition) is 4. The van der Waals surface area contributed by atoms with Crippen LogP contribution in [0.25, 0.3) is 0 Å². The van der Waals surface area contributed by atoms with Gasteiger partial charge in [0.2, 0.25) is 0 Å². The summed E-state index contributed by atoms with van der Waals surface area (Å²) in [6.45, 7) is 8.09. The monoisotopic (exact) mass is 552 g/mol. The third-order valence-corrected chi connectivity index (χ3v) is 5.79. The number of rotatable bonds is 9. The second kappa shape index (κ2) is 13.6. The third-order valence-electron chi connectivity index (χ3n) is 5.79. The Hall–Kier alpha value is -1.84. The second-order valence-corrected chi connectivity index (χ2v) is 8.07. The number of methoxy groups -OCH3 is 1. The van der Waals surface area contributed by atoms with Crippen molar-refractivity contribution in [3.63, 3.8) is 0 Å². The van der Waals surface area contributed by atoms with Gasteiger partial charge in [-0.3, -0.25) is 0 Å². The maximum Gasteiger partial charge on any atom is 0.191 e. The lowest BCUT2D eigenvalue weighted by atomic mass is 9.88. The molecule has 2 aromatic carbocycles. The molecule has 0 spiro atoms. The van der Waals surface area contributed by atoms with Crippen LogP contribution in [0.15, 0.2) is 59.6 Å². The lowest BCUT2D eigenvalue weighted by Gasteiger charge is -2.41. The summed E-state index contributed by atoms with van der Waals surface area (Å²) >= 11 is 0. The number of ether oxygens (including phenoxy) is 2. The number of halogens is 1. The molecule has 176 valence electrons. The van der Waals surface area contributed by atoms with Crippen LogP contribution < -0.4 is 20.7 Å². The Morgan fingerprint density at radius 3 is 2.38 bits per heavy atom. The van der Waals surface area contributed by atoms with Crippen LogP contribution in [0.4, 0.5) is 0 Å². The number of aliphatic imine (C=N–C) groups is 1. The summed E-state index contributed by atoms with van der Waals surface area (Å²) in [4.78, 5) is 4.79. The van der Waals surface area contributed by atoms with Crippen LogP contribution in [0, 0.1) is 0 Å². The number of nitrogens with one attached hydrogen (secondary N) is 3. The lowest BCUT2D eigenvalue weighted by Crippen LogP contribution is -2.58. The zero-order chi connectivity index (χ0) is 21.9. The van der Waals surface area contributed by atoms with Gasteiger partial charge in [0.05, 0.1) is 13.7 Å². The van der Waals surface area contributed by atoms with E-state index >= 15 is 0 Å². The fourth-order valence-corrected chi connectivity index (χ4v) is 3.91. The molecule has 0 aromatic heterocycles. The van der Waals surface area contributed by atoms with Crippen molar-refractivity contribution in [3.8, 4) is 5.75 Å². The molecule has 0 saturated carbocycles. The number of nitrogens with zero attached hydrogens (tertiary/aromatic N) is 1. The summed E-state index contributed by atoms with van der Waals surface area (Å²) < 4.78 is 10.9. The van der Waals surface area contributed by atoms with Crippen molar-refractivity contribution >= 4 is 29.9 Å². The van der Waals surface area contributed by atoms with Gasteiger partial charge in [-0.25, -0.2) is 4.99 Å². The Labute approximate surface area is 209 Å². The van der Waals surface area contributed by atoms with Gasteiger partial charge in [-0.2, -0.15) is 0 Å². The van der Waals surface area contributed by atoms with Crippen molar-refractivity contribution in [2.24, 2.45) is 4.99 Å². The fourth-order valence-electron chi connectivity index (χ4n) is 3.91. The highest BCUT2D eigenvalue weighted by atomic mass is 127. The molecule has 1 aliphatic rings. The van der Waals surface area contributed by atoms with Crippen molar-refractivity contribution in [2.75, 3.05) is 33.4 Å². The molecule has 2 aromatic rings. The van der Waals surface area contributed by atoms with Gasteiger partial charge in [-0.15, -0.1) is 24.0 Å². The predicted octanol–water partition coefficient (Wildman–Crippen LogP) is 4.27. The molecule has 32 heavy (non-hydrogen) atoms. The summed E-state index contributed by atoms with van der Waals surface area (Å²) in [6.07, 6.45) is 1.93. The summed E-state index contributed by atoms with van der Waals surface area (Å²) in [6, 6.07) is 18.9. The minimum absolute atomic E-state index is 0. The maximum absolute atomic E-state index is 5.67. The minimum Gasteiger partial charge on any atom is -0.497 e. The van der Waals surface area contributed by atoms with Crippen molar-refractivity contribution in [1.82, 2.24) is 16.0 Å². The Kier molecular flexibility index (Phi) is 11.3. The van der Waals surface area contributed by atoms with E-state index in [1.165, 1.54) is 5.56 Å². The Morgan fingerprint density at radius 2 is 1.75 bits per heavy atom.